The van der Waals surface area contributed by atoms with Crippen LogP contribution in [0.3, 0.4) is 0 Å². The summed E-state index contributed by atoms with van der Waals surface area (Å²) in [5.41, 5.74) is 0.165. The second kappa shape index (κ2) is 4.71. The number of rotatable bonds is 3. The number of aromatic nitrogens is 3. The molecule has 6 heteroatoms. The summed E-state index contributed by atoms with van der Waals surface area (Å²) in [6, 6.07) is 6.58. The van der Waals surface area contributed by atoms with E-state index in [9.17, 15) is 4.79 Å². The third kappa shape index (κ3) is 2.34. The van der Waals surface area contributed by atoms with Gasteiger partial charge in [-0.25, -0.2) is 9.78 Å². The molecule has 0 aromatic carbocycles. The molecule has 0 spiro atoms. The average molecular weight is 233 g/mol. The van der Waals surface area contributed by atoms with E-state index in [1.807, 2.05) is 0 Å². The number of pyridine rings is 1. The highest BCUT2D eigenvalue weighted by Crippen LogP contribution is 2.26. The van der Waals surface area contributed by atoms with E-state index < -0.39 is 5.97 Å². The SMILES string of the molecule is O=C(O)c1cccnc1Sc1cccnn1. The van der Waals surface area contributed by atoms with E-state index in [1.165, 1.54) is 17.8 Å². The number of hydrogen-bond donors (Lipinski definition) is 1. The normalized spacial score (nSPS) is 10.0. The molecule has 0 aliphatic carbocycles. The average Bonchev–Trinajstić information content (AvgIpc) is 2.31. The van der Waals surface area contributed by atoms with Crippen LogP contribution in [0.25, 0.3) is 0 Å². The van der Waals surface area contributed by atoms with E-state index in [1.54, 1.807) is 30.6 Å². The van der Waals surface area contributed by atoms with Crippen LogP contribution in [0.1, 0.15) is 10.4 Å². The number of carboxylic acids is 1. The van der Waals surface area contributed by atoms with Gasteiger partial charge in [0.05, 0.1) is 5.56 Å². The zero-order chi connectivity index (χ0) is 11.4. The summed E-state index contributed by atoms with van der Waals surface area (Å²) >= 11 is 1.18. The highest BCUT2D eigenvalue weighted by atomic mass is 32.2. The molecular weight excluding hydrogens is 226 g/mol. The van der Waals surface area contributed by atoms with Crippen molar-refractivity contribution in [2.24, 2.45) is 0 Å². The van der Waals surface area contributed by atoms with Crippen molar-refractivity contribution in [1.29, 1.82) is 0 Å². The smallest absolute Gasteiger partial charge is 0.338 e. The predicted molar refractivity (Wildman–Crippen MR) is 57.4 cm³/mol. The number of hydrogen-bond acceptors (Lipinski definition) is 5. The molecule has 2 aromatic rings. The van der Waals surface area contributed by atoms with Crippen LogP contribution in [-0.2, 0) is 0 Å². The van der Waals surface area contributed by atoms with Crippen molar-refractivity contribution in [3.05, 3.63) is 42.2 Å². The lowest BCUT2D eigenvalue weighted by Gasteiger charge is -2.02. The highest BCUT2D eigenvalue weighted by molar-refractivity contribution is 7.99. The highest BCUT2D eigenvalue weighted by Gasteiger charge is 2.12. The first-order chi connectivity index (χ1) is 7.77. The lowest BCUT2D eigenvalue weighted by molar-refractivity contribution is 0.0692. The summed E-state index contributed by atoms with van der Waals surface area (Å²) in [5, 5.41) is 17.5. The number of carbonyl (C=O) groups is 1. The third-order valence-corrected chi connectivity index (χ3v) is 2.70. The Morgan fingerprint density at radius 2 is 2.06 bits per heavy atom. The van der Waals surface area contributed by atoms with Gasteiger partial charge in [0, 0.05) is 12.4 Å². The lowest BCUT2D eigenvalue weighted by Crippen LogP contribution is -2.00. The van der Waals surface area contributed by atoms with Crippen LogP contribution >= 0.6 is 11.8 Å². The maximum absolute atomic E-state index is 10.9. The molecular formula is C10H7N3O2S. The van der Waals surface area contributed by atoms with Crippen LogP contribution in [-0.4, -0.2) is 26.3 Å². The molecule has 0 amide bonds. The summed E-state index contributed by atoms with van der Waals surface area (Å²) in [6.45, 7) is 0. The van der Waals surface area contributed by atoms with E-state index in [4.69, 9.17) is 5.11 Å². The molecule has 0 bridgehead atoms. The Hall–Kier alpha value is -1.95. The maximum atomic E-state index is 10.9. The zero-order valence-electron chi connectivity index (χ0n) is 8.07. The molecule has 0 atom stereocenters. The number of aromatic carboxylic acids is 1. The number of carboxylic acid groups (broad SMARTS) is 1. The Morgan fingerprint density at radius 1 is 1.25 bits per heavy atom. The van der Waals surface area contributed by atoms with Crippen molar-refractivity contribution in [2.75, 3.05) is 0 Å². The molecule has 2 heterocycles. The molecule has 0 fully saturated rings. The van der Waals surface area contributed by atoms with Crippen molar-refractivity contribution in [3.63, 3.8) is 0 Å². The van der Waals surface area contributed by atoms with Gasteiger partial charge >= 0.3 is 5.97 Å². The van der Waals surface area contributed by atoms with Crippen LogP contribution in [0.15, 0.2) is 46.7 Å². The third-order valence-electron chi connectivity index (χ3n) is 1.75. The fraction of sp³-hybridized carbons (Fsp3) is 0. The Bertz CT molecular complexity index is 504. The minimum absolute atomic E-state index is 0.165. The van der Waals surface area contributed by atoms with Crippen LogP contribution in [0.2, 0.25) is 0 Å². The van der Waals surface area contributed by atoms with Crippen LogP contribution in [0, 0.1) is 0 Å². The number of nitrogens with zero attached hydrogens (tertiary/aromatic N) is 3. The van der Waals surface area contributed by atoms with Crippen molar-refractivity contribution in [2.45, 2.75) is 10.1 Å². The van der Waals surface area contributed by atoms with Gasteiger partial charge < -0.3 is 5.11 Å². The summed E-state index contributed by atoms with van der Waals surface area (Å²) in [5.74, 6) is -1.00. The van der Waals surface area contributed by atoms with Gasteiger partial charge in [-0.2, -0.15) is 5.10 Å². The van der Waals surface area contributed by atoms with Gasteiger partial charge in [-0.05, 0) is 36.0 Å². The fourth-order valence-electron chi connectivity index (χ4n) is 1.08. The second-order valence-corrected chi connectivity index (χ2v) is 3.83. The van der Waals surface area contributed by atoms with E-state index >= 15 is 0 Å². The molecule has 0 aliphatic rings. The molecule has 2 aromatic heterocycles. The van der Waals surface area contributed by atoms with Gasteiger partial charge in [-0.3, -0.25) is 0 Å². The molecule has 5 nitrogen and oxygen atoms in total. The molecule has 0 saturated heterocycles. The molecule has 2 rings (SSSR count). The van der Waals surface area contributed by atoms with Crippen LogP contribution < -0.4 is 0 Å². The van der Waals surface area contributed by atoms with Crippen molar-refractivity contribution >= 4 is 17.7 Å². The van der Waals surface area contributed by atoms with Crippen LogP contribution in [0.5, 0.6) is 0 Å². The van der Waals surface area contributed by atoms with E-state index in [2.05, 4.69) is 15.2 Å². The second-order valence-electron chi connectivity index (χ2n) is 2.83. The first kappa shape index (κ1) is 10.6. The minimum Gasteiger partial charge on any atom is -0.478 e. The van der Waals surface area contributed by atoms with Crippen molar-refractivity contribution < 1.29 is 9.90 Å². The van der Waals surface area contributed by atoms with Crippen molar-refractivity contribution in [3.8, 4) is 0 Å². The minimum atomic E-state index is -1.00. The van der Waals surface area contributed by atoms with Gasteiger partial charge in [0.25, 0.3) is 0 Å². The van der Waals surface area contributed by atoms with Gasteiger partial charge in [-0.15, -0.1) is 5.10 Å². The Morgan fingerprint density at radius 3 is 2.75 bits per heavy atom. The Labute approximate surface area is 95.6 Å². The summed E-state index contributed by atoms with van der Waals surface area (Å²) in [6.07, 6.45) is 3.10. The van der Waals surface area contributed by atoms with E-state index in [-0.39, 0.29) is 5.56 Å². The summed E-state index contributed by atoms with van der Waals surface area (Å²) in [7, 11) is 0. The largest absolute Gasteiger partial charge is 0.478 e. The molecule has 0 radical (unpaired) electrons. The van der Waals surface area contributed by atoms with E-state index in [0.717, 1.165) is 0 Å². The monoisotopic (exact) mass is 233 g/mol. The summed E-state index contributed by atoms with van der Waals surface area (Å²) < 4.78 is 0. The zero-order valence-corrected chi connectivity index (χ0v) is 8.89. The lowest BCUT2D eigenvalue weighted by atomic mass is 10.3. The molecule has 0 aliphatic heterocycles. The maximum Gasteiger partial charge on any atom is 0.338 e. The Balaban J connectivity index is 2.31. The van der Waals surface area contributed by atoms with Crippen molar-refractivity contribution in [1.82, 2.24) is 15.2 Å². The first-order valence-corrected chi connectivity index (χ1v) is 5.23. The first-order valence-electron chi connectivity index (χ1n) is 4.41. The van der Waals surface area contributed by atoms with Gasteiger partial charge in [0.15, 0.2) is 0 Å². The van der Waals surface area contributed by atoms with Crippen LogP contribution in [0.4, 0.5) is 0 Å². The molecule has 1 N–H and O–H groups in total. The quantitative estimate of drug-likeness (QED) is 0.869. The topological polar surface area (TPSA) is 76.0 Å². The Kier molecular flexibility index (Phi) is 3.11. The molecule has 80 valence electrons. The molecule has 0 unspecified atom stereocenters. The van der Waals surface area contributed by atoms with Gasteiger partial charge in [-0.1, -0.05) is 0 Å². The van der Waals surface area contributed by atoms with Gasteiger partial charge in [0.1, 0.15) is 10.1 Å². The molecule has 0 saturated carbocycles. The summed E-state index contributed by atoms with van der Waals surface area (Å²) in [4.78, 5) is 14.9. The predicted octanol–water partition coefficient (Wildman–Crippen LogP) is 1.72. The standard InChI is InChI=1S/C10H7N3O2S/c14-10(15)7-3-1-5-11-9(7)16-8-4-2-6-12-13-8/h1-6H,(H,14,15). The van der Waals surface area contributed by atoms with Gasteiger partial charge in [0.2, 0.25) is 0 Å². The fourth-order valence-corrected chi connectivity index (χ4v) is 1.89. The van der Waals surface area contributed by atoms with E-state index in [0.29, 0.717) is 10.1 Å². The molecule has 16 heavy (non-hydrogen) atoms.